The number of amides is 1. The summed E-state index contributed by atoms with van der Waals surface area (Å²) in [6.45, 7) is 1.91. The van der Waals surface area contributed by atoms with E-state index in [1.165, 1.54) is 6.07 Å². The highest BCUT2D eigenvalue weighted by molar-refractivity contribution is 5.79. The Labute approximate surface area is 112 Å². The number of nitrogens with one attached hydrogen (secondary N) is 1. The van der Waals surface area contributed by atoms with Crippen molar-refractivity contribution in [3.63, 3.8) is 0 Å². The highest BCUT2D eigenvalue weighted by Gasteiger charge is 2.11. The van der Waals surface area contributed by atoms with E-state index in [2.05, 4.69) is 5.32 Å². The molecule has 0 aliphatic heterocycles. The van der Waals surface area contributed by atoms with Gasteiger partial charge in [0.2, 0.25) is 5.91 Å². The van der Waals surface area contributed by atoms with Gasteiger partial charge in [0.25, 0.3) is 0 Å². The molecule has 0 unspecified atom stereocenters. The van der Waals surface area contributed by atoms with E-state index in [9.17, 15) is 9.18 Å². The van der Waals surface area contributed by atoms with Crippen LogP contribution in [0.4, 0.5) is 4.39 Å². The van der Waals surface area contributed by atoms with Gasteiger partial charge in [-0.05, 0) is 24.1 Å². The molecule has 0 aromatic heterocycles. The molecule has 3 heteroatoms. The van der Waals surface area contributed by atoms with Crippen molar-refractivity contribution in [3.8, 4) is 0 Å². The molecule has 0 spiro atoms. The summed E-state index contributed by atoms with van der Waals surface area (Å²) in [6, 6.07) is 15.9. The molecule has 0 aliphatic rings. The third kappa shape index (κ3) is 3.65. The minimum absolute atomic E-state index is 0.0594. The summed E-state index contributed by atoms with van der Waals surface area (Å²) in [5, 5.41) is 2.87. The van der Waals surface area contributed by atoms with E-state index in [0.717, 1.165) is 5.56 Å². The number of carbonyl (C=O) groups is 1. The topological polar surface area (TPSA) is 29.1 Å². The molecule has 2 aromatic rings. The molecular formula is C16H16FNO. The number of rotatable bonds is 4. The summed E-state index contributed by atoms with van der Waals surface area (Å²) < 4.78 is 13.4. The van der Waals surface area contributed by atoms with Gasteiger partial charge in [-0.15, -0.1) is 0 Å². The lowest BCUT2D eigenvalue weighted by Crippen LogP contribution is -2.28. The van der Waals surface area contributed by atoms with Crippen LogP contribution in [0.2, 0.25) is 0 Å². The second kappa shape index (κ2) is 6.14. The van der Waals surface area contributed by atoms with E-state index in [0.29, 0.717) is 5.56 Å². The van der Waals surface area contributed by atoms with Crippen molar-refractivity contribution in [2.75, 3.05) is 0 Å². The molecule has 0 aliphatic carbocycles. The Kier molecular flexibility index (Phi) is 4.29. The summed E-state index contributed by atoms with van der Waals surface area (Å²) in [5.41, 5.74) is 1.45. The van der Waals surface area contributed by atoms with E-state index < -0.39 is 0 Å². The smallest absolute Gasteiger partial charge is 0.225 e. The summed E-state index contributed by atoms with van der Waals surface area (Å²) in [7, 11) is 0. The van der Waals surface area contributed by atoms with Gasteiger partial charge in [0.15, 0.2) is 0 Å². The molecule has 0 saturated heterocycles. The van der Waals surface area contributed by atoms with Crippen molar-refractivity contribution >= 4 is 5.91 Å². The number of benzene rings is 2. The molecule has 2 nitrogen and oxygen atoms in total. The van der Waals surface area contributed by atoms with Gasteiger partial charge in [-0.1, -0.05) is 48.5 Å². The highest BCUT2D eigenvalue weighted by Crippen LogP contribution is 2.12. The number of carbonyl (C=O) groups excluding carboxylic acids is 1. The van der Waals surface area contributed by atoms with E-state index in [4.69, 9.17) is 0 Å². The first-order chi connectivity index (χ1) is 9.16. The van der Waals surface area contributed by atoms with Gasteiger partial charge in [-0.25, -0.2) is 4.39 Å². The van der Waals surface area contributed by atoms with E-state index in [1.54, 1.807) is 18.2 Å². The Morgan fingerprint density at radius 1 is 1.11 bits per heavy atom. The molecule has 1 amide bonds. The van der Waals surface area contributed by atoms with Crippen LogP contribution in [0.3, 0.4) is 0 Å². The SMILES string of the molecule is C[C@@H](NC(=O)Cc1ccccc1F)c1ccccc1. The van der Waals surface area contributed by atoms with Crippen LogP contribution in [-0.4, -0.2) is 5.91 Å². The lowest BCUT2D eigenvalue weighted by molar-refractivity contribution is -0.121. The maximum atomic E-state index is 13.4. The molecule has 2 rings (SSSR count). The fraction of sp³-hybridized carbons (Fsp3) is 0.188. The first-order valence-electron chi connectivity index (χ1n) is 6.24. The minimum atomic E-state index is -0.343. The molecule has 0 radical (unpaired) electrons. The third-order valence-electron chi connectivity index (χ3n) is 2.99. The molecule has 2 aromatic carbocycles. The van der Waals surface area contributed by atoms with Crippen molar-refractivity contribution in [1.82, 2.24) is 5.32 Å². The van der Waals surface area contributed by atoms with Crippen LogP contribution in [-0.2, 0) is 11.2 Å². The molecule has 0 saturated carbocycles. The molecule has 98 valence electrons. The second-order valence-electron chi connectivity index (χ2n) is 4.47. The van der Waals surface area contributed by atoms with Crippen LogP contribution in [0, 0.1) is 5.82 Å². The number of hydrogen-bond acceptors (Lipinski definition) is 1. The fourth-order valence-corrected chi connectivity index (χ4v) is 1.93. The molecule has 19 heavy (non-hydrogen) atoms. The normalized spacial score (nSPS) is 11.9. The standard InChI is InChI=1S/C16H16FNO/c1-12(13-7-3-2-4-8-13)18-16(19)11-14-9-5-6-10-15(14)17/h2-10,12H,11H2,1H3,(H,18,19)/t12-/m1/s1. The number of hydrogen-bond donors (Lipinski definition) is 1. The van der Waals surface area contributed by atoms with Gasteiger partial charge in [0.05, 0.1) is 12.5 Å². The van der Waals surface area contributed by atoms with Crippen molar-refractivity contribution in [2.24, 2.45) is 0 Å². The molecule has 0 bridgehead atoms. The Hall–Kier alpha value is -2.16. The van der Waals surface area contributed by atoms with Gasteiger partial charge in [-0.2, -0.15) is 0 Å². The van der Waals surface area contributed by atoms with Crippen LogP contribution < -0.4 is 5.32 Å². The summed E-state index contributed by atoms with van der Waals surface area (Å²) in [6.07, 6.45) is 0.0594. The highest BCUT2D eigenvalue weighted by atomic mass is 19.1. The molecule has 1 N–H and O–H groups in total. The summed E-state index contributed by atoms with van der Waals surface area (Å²) in [4.78, 5) is 11.9. The largest absolute Gasteiger partial charge is 0.349 e. The fourth-order valence-electron chi connectivity index (χ4n) is 1.93. The Balaban J connectivity index is 1.97. The van der Waals surface area contributed by atoms with Crippen LogP contribution in [0.15, 0.2) is 54.6 Å². The zero-order chi connectivity index (χ0) is 13.7. The maximum absolute atomic E-state index is 13.4. The first kappa shape index (κ1) is 13.3. The van der Waals surface area contributed by atoms with Crippen LogP contribution in [0.25, 0.3) is 0 Å². The summed E-state index contributed by atoms with van der Waals surface area (Å²) >= 11 is 0. The monoisotopic (exact) mass is 257 g/mol. The average molecular weight is 257 g/mol. The Morgan fingerprint density at radius 3 is 2.42 bits per heavy atom. The second-order valence-corrected chi connectivity index (χ2v) is 4.47. The average Bonchev–Trinajstić information content (AvgIpc) is 2.42. The van der Waals surface area contributed by atoms with Crippen molar-refractivity contribution in [3.05, 3.63) is 71.5 Å². The van der Waals surface area contributed by atoms with Crippen molar-refractivity contribution in [1.29, 1.82) is 0 Å². The summed E-state index contributed by atoms with van der Waals surface area (Å²) in [5.74, 6) is -0.522. The molecular weight excluding hydrogens is 241 g/mol. The van der Waals surface area contributed by atoms with Gasteiger partial charge in [-0.3, -0.25) is 4.79 Å². The van der Waals surface area contributed by atoms with Crippen LogP contribution in [0.1, 0.15) is 24.1 Å². The Bertz CT molecular complexity index is 554. The zero-order valence-corrected chi connectivity index (χ0v) is 10.8. The van der Waals surface area contributed by atoms with Crippen molar-refractivity contribution < 1.29 is 9.18 Å². The zero-order valence-electron chi connectivity index (χ0n) is 10.8. The predicted molar refractivity (Wildman–Crippen MR) is 73.1 cm³/mol. The van der Waals surface area contributed by atoms with Crippen LogP contribution >= 0.6 is 0 Å². The van der Waals surface area contributed by atoms with Gasteiger partial charge >= 0.3 is 0 Å². The quantitative estimate of drug-likeness (QED) is 0.895. The van der Waals surface area contributed by atoms with Crippen molar-refractivity contribution in [2.45, 2.75) is 19.4 Å². The minimum Gasteiger partial charge on any atom is -0.349 e. The van der Waals surface area contributed by atoms with Gasteiger partial charge < -0.3 is 5.32 Å². The predicted octanol–water partition coefficient (Wildman–Crippen LogP) is 3.25. The van der Waals surface area contributed by atoms with E-state index in [-0.39, 0.29) is 24.2 Å². The first-order valence-corrected chi connectivity index (χ1v) is 6.24. The van der Waals surface area contributed by atoms with E-state index >= 15 is 0 Å². The van der Waals surface area contributed by atoms with Gasteiger partial charge in [0, 0.05) is 0 Å². The lowest BCUT2D eigenvalue weighted by Gasteiger charge is -2.14. The lowest BCUT2D eigenvalue weighted by atomic mass is 10.1. The van der Waals surface area contributed by atoms with E-state index in [1.807, 2.05) is 37.3 Å². The third-order valence-corrected chi connectivity index (χ3v) is 2.99. The van der Waals surface area contributed by atoms with Crippen LogP contribution in [0.5, 0.6) is 0 Å². The Morgan fingerprint density at radius 2 is 1.74 bits per heavy atom. The molecule has 0 fully saturated rings. The molecule has 1 atom stereocenters. The van der Waals surface area contributed by atoms with Gasteiger partial charge in [0.1, 0.15) is 5.82 Å². The maximum Gasteiger partial charge on any atom is 0.225 e. The molecule has 0 heterocycles. The number of halogens is 1.